The van der Waals surface area contributed by atoms with E-state index in [1.165, 1.54) is 6.08 Å². The predicted molar refractivity (Wildman–Crippen MR) is 182 cm³/mol. The number of nitrogens with two attached hydrogens (primary N) is 2. The lowest BCUT2D eigenvalue weighted by Crippen LogP contribution is -2.38. The first-order valence-corrected chi connectivity index (χ1v) is 15.6. The van der Waals surface area contributed by atoms with E-state index in [9.17, 15) is 19.5 Å². The Morgan fingerprint density at radius 1 is 0.913 bits per heavy atom. The summed E-state index contributed by atoms with van der Waals surface area (Å²) in [5, 5.41) is 14.2. The van der Waals surface area contributed by atoms with E-state index < -0.39 is 24.0 Å². The third kappa shape index (κ3) is 9.38. The topological polar surface area (TPSA) is 157 Å². The highest BCUT2D eigenvalue weighted by Gasteiger charge is 2.24. The Morgan fingerprint density at radius 3 is 2.09 bits per heavy atom. The molecule has 248 valence electrons. The number of ether oxygens (including phenoxy) is 2. The highest BCUT2D eigenvalue weighted by molar-refractivity contribution is 6.07. The Labute approximate surface area is 272 Å². The number of benzene rings is 2. The number of carbonyl (C=O) groups excluding carboxylic acids is 3. The van der Waals surface area contributed by atoms with Gasteiger partial charge in [0.05, 0.1) is 5.69 Å². The van der Waals surface area contributed by atoms with Crippen LogP contribution in [0, 0.1) is 11.8 Å². The largest absolute Gasteiger partial charge is 0.507 e. The molecule has 2 atom stereocenters. The number of ketones is 1. The van der Waals surface area contributed by atoms with Gasteiger partial charge in [-0.25, -0.2) is 9.59 Å². The van der Waals surface area contributed by atoms with Crippen LogP contribution in [0.15, 0.2) is 59.4 Å². The van der Waals surface area contributed by atoms with Gasteiger partial charge >= 0.3 is 11.9 Å². The smallest absolute Gasteiger partial charge is 0.328 e. The van der Waals surface area contributed by atoms with Crippen LogP contribution >= 0.6 is 0 Å². The molecular formula is C36H48N4O6. The van der Waals surface area contributed by atoms with Crippen LogP contribution in [-0.2, 0) is 20.9 Å². The minimum Gasteiger partial charge on any atom is -0.507 e. The maximum Gasteiger partial charge on any atom is 0.328 e. The number of aliphatic hydroxyl groups excluding tert-OH is 1. The Bertz CT molecular complexity index is 1520. The summed E-state index contributed by atoms with van der Waals surface area (Å²) in [4.78, 5) is 40.3. The number of hydrogen-bond acceptors (Lipinski definition) is 10. The Balaban J connectivity index is 1.87. The molecule has 0 saturated carbocycles. The molecule has 2 unspecified atom stereocenters. The van der Waals surface area contributed by atoms with Gasteiger partial charge < -0.3 is 36.3 Å². The summed E-state index contributed by atoms with van der Waals surface area (Å²) in [5.74, 6) is -0.862. The lowest BCUT2D eigenvalue weighted by molar-refractivity contribution is -0.137. The van der Waals surface area contributed by atoms with Gasteiger partial charge in [0.2, 0.25) is 0 Å². The number of anilines is 1. The van der Waals surface area contributed by atoms with E-state index in [0.29, 0.717) is 65.3 Å². The number of rotatable bonds is 13. The van der Waals surface area contributed by atoms with E-state index in [0.717, 1.165) is 5.56 Å². The van der Waals surface area contributed by atoms with E-state index in [1.54, 1.807) is 37.4 Å². The van der Waals surface area contributed by atoms with Crippen LogP contribution in [0.4, 0.5) is 5.69 Å². The SMILES string of the molecule is CNCc1ccc(/C=C2\CCCC(C(=O)/C=C/c3ccc(N(C)C)c(OC(=O)C(N)C(C)C)c3)=C2O)cc1OC(=O)C(N)C(C)C. The fourth-order valence-corrected chi connectivity index (χ4v) is 4.82. The number of carbonyl (C=O) groups is 3. The maximum atomic E-state index is 13.3. The van der Waals surface area contributed by atoms with Crippen molar-refractivity contribution in [3.8, 4) is 11.5 Å². The summed E-state index contributed by atoms with van der Waals surface area (Å²) in [5.41, 5.74) is 15.8. The monoisotopic (exact) mass is 632 g/mol. The van der Waals surface area contributed by atoms with Gasteiger partial charge in [-0.05, 0) is 85.2 Å². The fraction of sp³-hybridized carbons (Fsp3) is 0.417. The molecule has 2 aromatic carbocycles. The second kappa shape index (κ2) is 16.4. The zero-order valence-electron chi connectivity index (χ0n) is 27.9. The third-order valence-electron chi connectivity index (χ3n) is 7.85. The van der Waals surface area contributed by atoms with Crippen LogP contribution in [0.5, 0.6) is 11.5 Å². The van der Waals surface area contributed by atoms with Gasteiger partial charge in [-0.1, -0.05) is 52.0 Å². The average Bonchev–Trinajstić information content (AvgIpc) is 3.01. The van der Waals surface area contributed by atoms with Gasteiger partial charge in [-0.2, -0.15) is 0 Å². The number of nitrogens with zero attached hydrogens (tertiary/aromatic N) is 1. The quantitative estimate of drug-likeness (QED) is 0.136. The first-order chi connectivity index (χ1) is 21.7. The lowest BCUT2D eigenvalue weighted by Gasteiger charge is -2.20. The molecule has 0 aromatic heterocycles. The lowest BCUT2D eigenvalue weighted by atomic mass is 9.89. The first kappa shape index (κ1) is 36.2. The summed E-state index contributed by atoms with van der Waals surface area (Å²) >= 11 is 0. The molecule has 2 aromatic rings. The Morgan fingerprint density at radius 2 is 1.50 bits per heavy atom. The second-order valence-electron chi connectivity index (χ2n) is 12.4. The van der Waals surface area contributed by atoms with Crippen LogP contribution in [0.3, 0.4) is 0 Å². The zero-order chi connectivity index (χ0) is 34.1. The zero-order valence-corrected chi connectivity index (χ0v) is 27.9. The number of nitrogens with one attached hydrogen (secondary N) is 1. The third-order valence-corrected chi connectivity index (χ3v) is 7.85. The Kier molecular flexibility index (Phi) is 12.9. The number of hydrogen-bond donors (Lipinski definition) is 4. The molecule has 1 aliphatic rings. The van der Waals surface area contributed by atoms with Crippen molar-refractivity contribution in [1.29, 1.82) is 0 Å². The van der Waals surface area contributed by atoms with Crippen LogP contribution in [0.1, 0.15) is 63.6 Å². The molecule has 0 aliphatic heterocycles. The summed E-state index contributed by atoms with van der Waals surface area (Å²) in [6.07, 6.45) is 6.53. The standard InChI is InChI=1S/C36H48N4O6/c1-21(2)32(37)35(43)45-30-19-24(11-14-26(30)20-39-5)17-25-9-8-10-27(34(25)42)29(41)16-13-23-12-15-28(40(6)7)31(18-23)46-36(44)33(38)22(3)4/h11-19,21-22,32-33,39,42H,8-10,20,37-38H2,1-7H3/b16-13+,25-17+. The minimum atomic E-state index is -0.768. The maximum absolute atomic E-state index is 13.3. The van der Waals surface area contributed by atoms with Crippen molar-refractivity contribution in [2.45, 2.75) is 65.6 Å². The minimum absolute atomic E-state index is 0.0548. The van der Waals surface area contributed by atoms with Crippen molar-refractivity contribution in [3.05, 3.63) is 76.1 Å². The molecule has 0 amide bonds. The van der Waals surface area contributed by atoms with Crippen molar-refractivity contribution in [2.24, 2.45) is 23.3 Å². The summed E-state index contributed by atoms with van der Waals surface area (Å²) < 4.78 is 11.3. The van der Waals surface area contributed by atoms with Gasteiger partial charge in [-0.3, -0.25) is 4.79 Å². The van der Waals surface area contributed by atoms with Crippen molar-refractivity contribution in [1.82, 2.24) is 5.32 Å². The Hall–Kier alpha value is -4.25. The molecule has 10 heteroatoms. The normalized spacial score (nSPS) is 15.8. The average molecular weight is 633 g/mol. The predicted octanol–water partition coefficient (Wildman–Crippen LogP) is 4.91. The molecule has 0 fully saturated rings. The van der Waals surface area contributed by atoms with E-state index in [-0.39, 0.29) is 23.4 Å². The van der Waals surface area contributed by atoms with E-state index in [2.05, 4.69) is 5.32 Å². The van der Waals surface area contributed by atoms with Crippen LogP contribution in [0.2, 0.25) is 0 Å². The van der Waals surface area contributed by atoms with Crippen LogP contribution in [0.25, 0.3) is 12.2 Å². The van der Waals surface area contributed by atoms with E-state index in [1.807, 2.05) is 64.9 Å². The summed E-state index contributed by atoms with van der Waals surface area (Å²) in [7, 11) is 5.48. The molecule has 0 saturated heterocycles. The van der Waals surface area contributed by atoms with Crippen molar-refractivity contribution in [3.63, 3.8) is 0 Å². The molecule has 6 N–H and O–H groups in total. The van der Waals surface area contributed by atoms with Gasteiger partial charge in [0.25, 0.3) is 0 Å². The van der Waals surface area contributed by atoms with Crippen molar-refractivity contribution in [2.75, 3.05) is 26.0 Å². The molecule has 0 bridgehead atoms. The van der Waals surface area contributed by atoms with Crippen molar-refractivity contribution < 1.29 is 29.0 Å². The first-order valence-electron chi connectivity index (χ1n) is 15.6. The van der Waals surface area contributed by atoms with E-state index >= 15 is 0 Å². The highest BCUT2D eigenvalue weighted by atomic mass is 16.5. The molecular weight excluding hydrogens is 584 g/mol. The summed E-state index contributed by atoms with van der Waals surface area (Å²) in [6, 6.07) is 9.24. The number of aliphatic hydroxyl groups is 1. The van der Waals surface area contributed by atoms with Crippen molar-refractivity contribution >= 4 is 35.6 Å². The van der Waals surface area contributed by atoms with E-state index in [4.69, 9.17) is 20.9 Å². The van der Waals surface area contributed by atoms with Gasteiger partial charge in [0.15, 0.2) is 11.5 Å². The molecule has 3 rings (SSSR count). The molecule has 0 heterocycles. The van der Waals surface area contributed by atoms with Gasteiger partial charge in [-0.15, -0.1) is 0 Å². The molecule has 10 nitrogen and oxygen atoms in total. The number of esters is 2. The number of allylic oxidation sites excluding steroid dienone is 3. The van der Waals surface area contributed by atoms with Gasteiger partial charge in [0, 0.05) is 31.8 Å². The summed E-state index contributed by atoms with van der Waals surface area (Å²) in [6.45, 7) is 7.89. The second-order valence-corrected chi connectivity index (χ2v) is 12.4. The molecule has 1 aliphatic carbocycles. The van der Waals surface area contributed by atoms with Gasteiger partial charge in [0.1, 0.15) is 23.6 Å². The van der Waals surface area contributed by atoms with Crippen LogP contribution < -0.4 is 31.2 Å². The molecule has 0 spiro atoms. The molecule has 0 radical (unpaired) electrons. The van der Waals surface area contributed by atoms with Crippen LogP contribution in [-0.4, -0.2) is 56.1 Å². The fourth-order valence-electron chi connectivity index (χ4n) is 4.82. The molecule has 46 heavy (non-hydrogen) atoms. The highest BCUT2D eigenvalue weighted by Crippen LogP contribution is 2.33.